The van der Waals surface area contributed by atoms with Gasteiger partial charge in [0.05, 0.1) is 0 Å². The van der Waals surface area contributed by atoms with E-state index in [2.05, 4.69) is 5.32 Å². The van der Waals surface area contributed by atoms with Crippen LogP contribution in [0, 0.1) is 5.82 Å². The Bertz CT molecular complexity index is 534. The Morgan fingerprint density at radius 1 is 1.06 bits per heavy atom. The van der Waals surface area contributed by atoms with Crippen LogP contribution in [0.5, 0.6) is 0 Å². The number of nitrogens with one attached hydrogen (secondary N) is 1. The van der Waals surface area contributed by atoms with Crippen LogP contribution in [0.15, 0.2) is 48.5 Å². The lowest BCUT2D eigenvalue weighted by molar-refractivity contribution is 0.0963. The molecule has 2 nitrogen and oxygen atoms in total. The van der Waals surface area contributed by atoms with Crippen molar-refractivity contribution in [2.24, 2.45) is 0 Å². The third kappa shape index (κ3) is 2.33. The van der Waals surface area contributed by atoms with Gasteiger partial charge in [0.1, 0.15) is 5.82 Å². The predicted octanol–water partition coefficient (Wildman–Crippen LogP) is 2.85. The maximum atomic E-state index is 13.5. The largest absolute Gasteiger partial charge is 0.355 e. The summed E-state index contributed by atoms with van der Waals surface area (Å²) in [6.07, 6.45) is 0. The highest BCUT2D eigenvalue weighted by molar-refractivity contribution is 5.94. The van der Waals surface area contributed by atoms with Gasteiger partial charge in [-0.25, -0.2) is 4.39 Å². The Balaban J connectivity index is 2.36. The van der Waals surface area contributed by atoms with Crippen LogP contribution in [0.1, 0.15) is 10.4 Å². The van der Waals surface area contributed by atoms with Crippen LogP contribution in [0.25, 0.3) is 11.1 Å². The van der Waals surface area contributed by atoms with E-state index in [0.29, 0.717) is 11.1 Å². The van der Waals surface area contributed by atoms with Crippen LogP contribution in [0.4, 0.5) is 4.39 Å². The molecule has 86 valence electrons. The van der Waals surface area contributed by atoms with Crippen molar-refractivity contribution >= 4 is 5.91 Å². The summed E-state index contributed by atoms with van der Waals surface area (Å²) in [5, 5.41) is 2.54. The highest BCUT2D eigenvalue weighted by atomic mass is 19.1. The molecule has 1 amide bonds. The third-order valence-electron chi connectivity index (χ3n) is 2.56. The van der Waals surface area contributed by atoms with Gasteiger partial charge in [0, 0.05) is 18.2 Å². The Morgan fingerprint density at radius 3 is 2.29 bits per heavy atom. The number of benzene rings is 2. The smallest absolute Gasteiger partial charge is 0.251 e. The van der Waals surface area contributed by atoms with Crippen LogP contribution in [0.3, 0.4) is 0 Å². The molecule has 0 aliphatic heterocycles. The summed E-state index contributed by atoms with van der Waals surface area (Å²) in [4.78, 5) is 11.3. The van der Waals surface area contributed by atoms with Gasteiger partial charge in [-0.1, -0.05) is 30.3 Å². The first-order valence-corrected chi connectivity index (χ1v) is 5.29. The highest BCUT2D eigenvalue weighted by Gasteiger charge is 2.06. The zero-order valence-electron chi connectivity index (χ0n) is 9.41. The Hall–Kier alpha value is -2.16. The van der Waals surface area contributed by atoms with E-state index in [-0.39, 0.29) is 11.7 Å². The third-order valence-corrected chi connectivity index (χ3v) is 2.56. The molecule has 0 fully saturated rings. The van der Waals surface area contributed by atoms with Crippen molar-refractivity contribution in [3.8, 4) is 11.1 Å². The topological polar surface area (TPSA) is 29.1 Å². The van der Waals surface area contributed by atoms with Gasteiger partial charge >= 0.3 is 0 Å². The molecule has 0 radical (unpaired) electrons. The maximum absolute atomic E-state index is 13.5. The van der Waals surface area contributed by atoms with Gasteiger partial charge in [0.25, 0.3) is 5.91 Å². The molecule has 0 heterocycles. The number of carbonyl (C=O) groups is 1. The second kappa shape index (κ2) is 4.78. The van der Waals surface area contributed by atoms with E-state index in [9.17, 15) is 9.18 Å². The van der Waals surface area contributed by atoms with Gasteiger partial charge < -0.3 is 5.32 Å². The van der Waals surface area contributed by atoms with Gasteiger partial charge in [-0.05, 0) is 23.8 Å². The SMILES string of the molecule is CNC(=O)c1ccc(-c2ccccc2F)cc1. The van der Waals surface area contributed by atoms with Crippen molar-refractivity contribution in [1.29, 1.82) is 0 Å². The Labute approximate surface area is 99.1 Å². The molecule has 0 bridgehead atoms. The lowest BCUT2D eigenvalue weighted by atomic mass is 10.0. The zero-order chi connectivity index (χ0) is 12.3. The van der Waals surface area contributed by atoms with Gasteiger partial charge in [0.2, 0.25) is 0 Å². The van der Waals surface area contributed by atoms with Crippen molar-refractivity contribution in [2.75, 3.05) is 7.05 Å². The van der Waals surface area contributed by atoms with E-state index in [1.807, 2.05) is 0 Å². The Kier molecular flexibility index (Phi) is 3.19. The summed E-state index contributed by atoms with van der Waals surface area (Å²) in [5.41, 5.74) is 1.86. The molecule has 3 heteroatoms. The molecule has 0 saturated heterocycles. The van der Waals surface area contributed by atoms with Crippen molar-refractivity contribution in [1.82, 2.24) is 5.32 Å². The molecule has 2 rings (SSSR count). The standard InChI is InChI=1S/C14H12FNO/c1-16-14(17)11-8-6-10(7-9-11)12-4-2-3-5-13(12)15/h2-9H,1H3,(H,16,17). The summed E-state index contributed by atoms with van der Waals surface area (Å²) in [6, 6.07) is 13.4. The molecule has 0 aliphatic carbocycles. The quantitative estimate of drug-likeness (QED) is 0.842. The van der Waals surface area contributed by atoms with Gasteiger partial charge in [0.15, 0.2) is 0 Å². The molecule has 17 heavy (non-hydrogen) atoms. The zero-order valence-corrected chi connectivity index (χ0v) is 9.41. The number of hydrogen-bond acceptors (Lipinski definition) is 1. The molecule has 0 atom stereocenters. The van der Waals surface area contributed by atoms with E-state index in [1.54, 1.807) is 49.5 Å². The fourth-order valence-electron chi connectivity index (χ4n) is 1.64. The van der Waals surface area contributed by atoms with Crippen LogP contribution in [-0.2, 0) is 0 Å². The predicted molar refractivity (Wildman–Crippen MR) is 65.2 cm³/mol. The molecule has 0 aromatic heterocycles. The minimum Gasteiger partial charge on any atom is -0.355 e. The van der Waals surface area contributed by atoms with Crippen LogP contribution < -0.4 is 5.32 Å². The molecule has 0 unspecified atom stereocenters. The van der Waals surface area contributed by atoms with Crippen molar-refractivity contribution < 1.29 is 9.18 Å². The number of amides is 1. The molecular weight excluding hydrogens is 217 g/mol. The number of rotatable bonds is 2. The van der Waals surface area contributed by atoms with Crippen molar-refractivity contribution in [3.63, 3.8) is 0 Å². The summed E-state index contributed by atoms with van der Waals surface area (Å²) >= 11 is 0. The minimum atomic E-state index is -0.264. The number of carbonyl (C=O) groups excluding carboxylic acids is 1. The van der Waals surface area contributed by atoms with Crippen LogP contribution in [-0.4, -0.2) is 13.0 Å². The molecule has 0 spiro atoms. The summed E-state index contributed by atoms with van der Waals surface area (Å²) in [6.45, 7) is 0. The van der Waals surface area contributed by atoms with E-state index < -0.39 is 0 Å². The average molecular weight is 229 g/mol. The summed E-state index contributed by atoms with van der Waals surface area (Å²) in [5.74, 6) is -0.412. The van der Waals surface area contributed by atoms with Crippen molar-refractivity contribution in [2.45, 2.75) is 0 Å². The second-order valence-electron chi connectivity index (χ2n) is 3.64. The molecule has 0 saturated carbocycles. The van der Waals surface area contributed by atoms with Crippen molar-refractivity contribution in [3.05, 3.63) is 59.9 Å². The lowest BCUT2D eigenvalue weighted by Crippen LogP contribution is -2.17. The van der Waals surface area contributed by atoms with E-state index >= 15 is 0 Å². The van der Waals surface area contributed by atoms with Gasteiger partial charge in [-0.3, -0.25) is 4.79 Å². The molecule has 1 N–H and O–H groups in total. The van der Waals surface area contributed by atoms with E-state index in [0.717, 1.165) is 5.56 Å². The maximum Gasteiger partial charge on any atom is 0.251 e. The molecule has 0 aliphatic rings. The van der Waals surface area contributed by atoms with E-state index in [4.69, 9.17) is 0 Å². The molecular formula is C14H12FNO. The first kappa shape index (κ1) is 11.3. The van der Waals surface area contributed by atoms with Gasteiger partial charge in [-0.2, -0.15) is 0 Å². The Morgan fingerprint density at radius 2 is 1.71 bits per heavy atom. The fourth-order valence-corrected chi connectivity index (χ4v) is 1.64. The number of hydrogen-bond donors (Lipinski definition) is 1. The molecule has 2 aromatic rings. The highest BCUT2D eigenvalue weighted by Crippen LogP contribution is 2.22. The first-order chi connectivity index (χ1) is 8.22. The van der Waals surface area contributed by atoms with E-state index in [1.165, 1.54) is 6.07 Å². The lowest BCUT2D eigenvalue weighted by Gasteiger charge is -2.04. The summed E-state index contributed by atoms with van der Waals surface area (Å²) in [7, 11) is 1.58. The normalized spacial score (nSPS) is 10.0. The van der Waals surface area contributed by atoms with Crippen LogP contribution in [0.2, 0.25) is 0 Å². The average Bonchev–Trinajstić information content (AvgIpc) is 2.39. The first-order valence-electron chi connectivity index (χ1n) is 5.29. The van der Waals surface area contributed by atoms with Crippen LogP contribution >= 0.6 is 0 Å². The van der Waals surface area contributed by atoms with Gasteiger partial charge in [-0.15, -0.1) is 0 Å². The summed E-state index contributed by atoms with van der Waals surface area (Å²) < 4.78 is 13.5. The monoisotopic (exact) mass is 229 g/mol. The minimum absolute atomic E-state index is 0.148. The number of halogens is 1. The molecule has 2 aromatic carbocycles. The fraction of sp³-hybridized carbons (Fsp3) is 0.0714. The second-order valence-corrected chi connectivity index (χ2v) is 3.64.